The maximum atomic E-state index is 12.8. The fourth-order valence-electron chi connectivity index (χ4n) is 4.27. The van der Waals surface area contributed by atoms with Gasteiger partial charge in [0.25, 0.3) is 5.56 Å². The van der Waals surface area contributed by atoms with E-state index < -0.39 is 0 Å². The van der Waals surface area contributed by atoms with Crippen molar-refractivity contribution in [1.29, 1.82) is 0 Å². The molecule has 2 aromatic carbocycles. The molecule has 0 spiro atoms. The highest BCUT2D eigenvalue weighted by molar-refractivity contribution is 5.81. The average Bonchev–Trinajstić information content (AvgIpc) is 3.47. The summed E-state index contributed by atoms with van der Waals surface area (Å²) in [5, 5.41) is 5.59. The van der Waals surface area contributed by atoms with Crippen LogP contribution in [0.5, 0.6) is 0 Å². The molecule has 2 aromatic heterocycles. The third-order valence-corrected chi connectivity index (χ3v) is 6.03. The van der Waals surface area contributed by atoms with Crippen molar-refractivity contribution in [3.63, 3.8) is 0 Å². The van der Waals surface area contributed by atoms with E-state index in [1.54, 1.807) is 29.0 Å². The van der Waals surface area contributed by atoms with E-state index in [0.717, 1.165) is 47.1 Å². The van der Waals surface area contributed by atoms with E-state index in [1.165, 1.54) is 25.9 Å². The molecule has 0 radical (unpaired) electrons. The Hall–Kier alpha value is -3.51. The van der Waals surface area contributed by atoms with E-state index in [0.29, 0.717) is 5.56 Å². The summed E-state index contributed by atoms with van der Waals surface area (Å²) in [7, 11) is 0. The fourth-order valence-corrected chi connectivity index (χ4v) is 4.27. The molecule has 0 atom stereocenters. The predicted octanol–water partition coefficient (Wildman–Crippen LogP) is 3.76. The van der Waals surface area contributed by atoms with E-state index in [2.05, 4.69) is 10.00 Å². The third-order valence-electron chi connectivity index (χ3n) is 6.03. The number of benzene rings is 2. The zero-order valence-corrected chi connectivity index (χ0v) is 17.3. The van der Waals surface area contributed by atoms with Gasteiger partial charge in [0.05, 0.1) is 18.3 Å². The van der Waals surface area contributed by atoms with E-state index in [1.807, 2.05) is 47.3 Å². The molecule has 5 rings (SSSR count). The van der Waals surface area contributed by atoms with Crippen LogP contribution in [-0.4, -0.2) is 45.2 Å². The number of hydrogen-bond donors (Lipinski definition) is 0. The van der Waals surface area contributed by atoms with Crippen LogP contribution in [0.15, 0.2) is 71.8 Å². The summed E-state index contributed by atoms with van der Waals surface area (Å²) in [4.78, 5) is 26.1. The van der Waals surface area contributed by atoms with Gasteiger partial charge in [-0.05, 0) is 61.3 Å². The fraction of sp³-hybridized carbons (Fsp3) is 0.240. The van der Waals surface area contributed by atoms with Gasteiger partial charge in [-0.15, -0.1) is 0 Å². The minimum Gasteiger partial charge on any atom is -0.301 e. The van der Waals surface area contributed by atoms with Gasteiger partial charge in [-0.2, -0.15) is 5.10 Å². The van der Waals surface area contributed by atoms with Crippen LogP contribution in [0.1, 0.15) is 23.2 Å². The first-order chi connectivity index (χ1) is 15.2. The Morgan fingerprint density at radius 2 is 1.71 bits per heavy atom. The van der Waals surface area contributed by atoms with Crippen molar-refractivity contribution < 1.29 is 4.79 Å². The molecule has 0 saturated carbocycles. The number of fused-ring (bicyclic) bond motifs is 1. The molecule has 4 aromatic rings. The second-order valence-electron chi connectivity index (χ2n) is 8.02. The number of carbonyl (C=O) groups excluding carboxylic acids is 1. The lowest BCUT2D eigenvalue weighted by Crippen LogP contribution is -2.24. The second-order valence-corrected chi connectivity index (χ2v) is 8.02. The lowest BCUT2D eigenvalue weighted by Gasteiger charge is -2.14. The van der Waals surface area contributed by atoms with Crippen LogP contribution in [0.2, 0.25) is 0 Å². The number of rotatable bonds is 6. The molecule has 6 heteroatoms. The standard InChI is InChI=1S/C25H24N4O2/c30-18-19-3-5-20(6-4-19)21-9-12-28(25(31)16-21)23-7-8-24-22(15-23)17-26-29(24)14-13-27-10-1-2-11-27/h3-9,12,15-18H,1-2,10-11,13-14H2. The summed E-state index contributed by atoms with van der Waals surface area (Å²) in [5.41, 5.74) is 4.16. The molecule has 1 aliphatic heterocycles. The van der Waals surface area contributed by atoms with E-state index >= 15 is 0 Å². The van der Waals surface area contributed by atoms with Crippen LogP contribution >= 0.6 is 0 Å². The third kappa shape index (κ3) is 3.94. The zero-order valence-electron chi connectivity index (χ0n) is 17.3. The number of hydrogen-bond acceptors (Lipinski definition) is 4. The molecule has 0 bridgehead atoms. The number of aldehydes is 1. The van der Waals surface area contributed by atoms with Crippen molar-refractivity contribution in [2.24, 2.45) is 0 Å². The van der Waals surface area contributed by atoms with Crippen LogP contribution in [0.3, 0.4) is 0 Å². The topological polar surface area (TPSA) is 60.1 Å². The highest BCUT2D eigenvalue weighted by atomic mass is 16.1. The van der Waals surface area contributed by atoms with E-state index in [-0.39, 0.29) is 5.56 Å². The molecule has 156 valence electrons. The molecule has 3 heterocycles. The number of nitrogens with zero attached hydrogens (tertiary/aromatic N) is 4. The van der Waals surface area contributed by atoms with Gasteiger partial charge in [0.2, 0.25) is 0 Å². The summed E-state index contributed by atoms with van der Waals surface area (Å²) < 4.78 is 3.69. The summed E-state index contributed by atoms with van der Waals surface area (Å²) in [6, 6.07) is 16.8. The van der Waals surface area contributed by atoms with Crippen molar-refractivity contribution >= 4 is 17.2 Å². The quantitative estimate of drug-likeness (QED) is 0.453. The Balaban J connectivity index is 1.39. The van der Waals surface area contributed by atoms with Gasteiger partial charge in [-0.25, -0.2) is 0 Å². The van der Waals surface area contributed by atoms with Crippen LogP contribution in [0.25, 0.3) is 27.7 Å². The molecule has 0 N–H and O–H groups in total. The zero-order chi connectivity index (χ0) is 21.2. The first kappa shape index (κ1) is 19.5. The molecule has 0 aliphatic carbocycles. The first-order valence-corrected chi connectivity index (χ1v) is 10.7. The van der Waals surface area contributed by atoms with Gasteiger partial charge in [0.1, 0.15) is 6.29 Å². The molecule has 1 aliphatic rings. The Kier molecular flexibility index (Phi) is 5.22. The second kappa shape index (κ2) is 8.32. The molecule has 1 saturated heterocycles. The lowest BCUT2D eigenvalue weighted by molar-refractivity contribution is 0.112. The van der Waals surface area contributed by atoms with Crippen LogP contribution < -0.4 is 5.56 Å². The summed E-state index contributed by atoms with van der Waals surface area (Å²) in [6.45, 7) is 4.26. The highest BCUT2D eigenvalue weighted by Crippen LogP contribution is 2.21. The molecule has 0 amide bonds. The van der Waals surface area contributed by atoms with Crippen molar-refractivity contribution in [2.45, 2.75) is 19.4 Å². The van der Waals surface area contributed by atoms with Gasteiger partial charge < -0.3 is 4.90 Å². The molecular weight excluding hydrogens is 388 g/mol. The van der Waals surface area contributed by atoms with Crippen molar-refractivity contribution in [3.05, 3.63) is 82.9 Å². The number of pyridine rings is 1. The monoisotopic (exact) mass is 412 g/mol. The van der Waals surface area contributed by atoms with Crippen LogP contribution in [0.4, 0.5) is 0 Å². The van der Waals surface area contributed by atoms with Gasteiger partial charge >= 0.3 is 0 Å². The largest absolute Gasteiger partial charge is 0.301 e. The first-order valence-electron chi connectivity index (χ1n) is 10.7. The minimum absolute atomic E-state index is 0.0993. The molecule has 0 unspecified atom stereocenters. The van der Waals surface area contributed by atoms with E-state index in [9.17, 15) is 9.59 Å². The lowest BCUT2D eigenvalue weighted by atomic mass is 10.1. The number of likely N-dealkylation sites (tertiary alicyclic amines) is 1. The van der Waals surface area contributed by atoms with Crippen molar-refractivity contribution in [3.8, 4) is 16.8 Å². The minimum atomic E-state index is -0.0993. The molecule has 6 nitrogen and oxygen atoms in total. The number of carbonyl (C=O) groups is 1. The van der Waals surface area contributed by atoms with Crippen molar-refractivity contribution in [2.75, 3.05) is 19.6 Å². The number of aromatic nitrogens is 3. The van der Waals surface area contributed by atoms with E-state index in [4.69, 9.17) is 0 Å². The summed E-state index contributed by atoms with van der Waals surface area (Å²) in [6.07, 6.45) is 7.06. The normalized spacial score (nSPS) is 14.3. The van der Waals surface area contributed by atoms with Gasteiger partial charge in [0.15, 0.2) is 0 Å². The van der Waals surface area contributed by atoms with Gasteiger partial charge in [-0.1, -0.05) is 24.3 Å². The predicted molar refractivity (Wildman–Crippen MR) is 122 cm³/mol. The Morgan fingerprint density at radius 1 is 0.903 bits per heavy atom. The maximum Gasteiger partial charge on any atom is 0.255 e. The SMILES string of the molecule is O=Cc1ccc(-c2ccn(-c3ccc4c(cnn4CCN4CCCC4)c3)c(=O)c2)cc1. The molecular formula is C25H24N4O2. The smallest absolute Gasteiger partial charge is 0.255 e. The Bertz CT molecular complexity index is 1280. The molecule has 1 fully saturated rings. The maximum absolute atomic E-state index is 12.8. The highest BCUT2D eigenvalue weighted by Gasteiger charge is 2.12. The summed E-state index contributed by atoms with van der Waals surface area (Å²) >= 11 is 0. The van der Waals surface area contributed by atoms with Crippen molar-refractivity contribution in [1.82, 2.24) is 19.2 Å². The summed E-state index contributed by atoms with van der Waals surface area (Å²) in [5.74, 6) is 0. The average molecular weight is 412 g/mol. The van der Waals surface area contributed by atoms with Gasteiger partial charge in [-0.3, -0.25) is 18.8 Å². The van der Waals surface area contributed by atoms with Crippen LogP contribution in [-0.2, 0) is 6.54 Å². The van der Waals surface area contributed by atoms with Crippen LogP contribution in [0, 0.1) is 0 Å². The van der Waals surface area contributed by atoms with Gasteiger partial charge in [0, 0.05) is 35.4 Å². The Morgan fingerprint density at radius 3 is 2.45 bits per heavy atom. The molecule has 31 heavy (non-hydrogen) atoms. The Labute approximate surface area is 180 Å².